The van der Waals surface area contributed by atoms with Gasteiger partial charge in [-0.1, -0.05) is 35.5 Å². The van der Waals surface area contributed by atoms with E-state index in [0.29, 0.717) is 11.6 Å². The first-order valence-electron chi connectivity index (χ1n) is 6.49. The van der Waals surface area contributed by atoms with Gasteiger partial charge in [-0.15, -0.1) is 0 Å². The van der Waals surface area contributed by atoms with Crippen LogP contribution in [-0.4, -0.2) is 17.7 Å². The lowest BCUT2D eigenvalue weighted by Crippen LogP contribution is -2.07. The number of phenolic OH excluding ortho intramolecular Hbond substituents is 1. The molecule has 0 saturated heterocycles. The number of halogens is 1. The molecule has 2 rings (SSSR count). The highest BCUT2D eigenvalue weighted by molar-refractivity contribution is 7.99. The van der Waals surface area contributed by atoms with Crippen LogP contribution in [0.3, 0.4) is 0 Å². The lowest BCUT2D eigenvalue weighted by atomic mass is 10.1. The summed E-state index contributed by atoms with van der Waals surface area (Å²) in [6.45, 7) is 2.14. The summed E-state index contributed by atoms with van der Waals surface area (Å²) < 4.78 is 4.91. The third-order valence-corrected chi connectivity index (χ3v) is 4.05. The minimum absolute atomic E-state index is 0.170. The first kappa shape index (κ1) is 15.7. The van der Waals surface area contributed by atoms with Crippen molar-refractivity contribution in [2.75, 3.05) is 6.61 Å². The molecular weight excluding hydrogens is 308 g/mol. The number of ether oxygens (including phenoxy) is 1. The van der Waals surface area contributed by atoms with Crippen LogP contribution in [0.4, 0.5) is 0 Å². The zero-order valence-corrected chi connectivity index (χ0v) is 13.1. The summed E-state index contributed by atoms with van der Waals surface area (Å²) in [5.41, 5.74) is 0.746. The van der Waals surface area contributed by atoms with Gasteiger partial charge in [0.15, 0.2) is 0 Å². The topological polar surface area (TPSA) is 46.5 Å². The Morgan fingerprint density at radius 1 is 1.24 bits per heavy atom. The van der Waals surface area contributed by atoms with Gasteiger partial charge in [-0.3, -0.25) is 4.79 Å². The minimum Gasteiger partial charge on any atom is -0.508 e. The summed E-state index contributed by atoms with van der Waals surface area (Å²) >= 11 is 7.69. The van der Waals surface area contributed by atoms with Gasteiger partial charge >= 0.3 is 5.97 Å². The van der Waals surface area contributed by atoms with E-state index in [-0.39, 0.29) is 18.1 Å². The predicted molar refractivity (Wildman–Crippen MR) is 84.0 cm³/mol. The van der Waals surface area contributed by atoms with E-state index in [1.54, 1.807) is 25.1 Å². The van der Waals surface area contributed by atoms with Crippen LogP contribution in [0.15, 0.2) is 52.3 Å². The van der Waals surface area contributed by atoms with E-state index in [1.807, 2.05) is 24.3 Å². The molecule has 21 heavy (non-hydrogen) atoms. The Balaban J connectivity index is 2.10. The summed E-state index contributed by atoms with van der Waals surface area (Å²) in [5.74, 6) is -0.0576. The maximum absolute atomic E-state index is 11.5. The second-order valence-electron chi connectivity index (χ2n) is 4.33. The molecule has 0 bridgehead atoms. The molecule has 2 aromatic carbocycles. The molecular formula is C16H15ClO3S. The van der Waals surface area contributed by atoms with Crippen molar-refractivity contribution in [3.8, 4) is 5.75 Å². The third kappa shape index (κ3) is 4.69. The summed E-state index contributed by atoms with van der Waals surface area (Å²) in [6, 6.07) is 12.5. The number of phenols is 1. The molecule has 0 aliphatic heterocycles. The Morgan fingerprint density at radius 2 is 2.00 bits per heavy atom. The Hall–Kier alpha value is -1.65. The number of esters is 1. The molecule has 0 amide bonds. The quantitative estimate of drug-likeness (QED) is 0.834. The maximum Gasteiger partial charge on any atom is 0.310 e. The normalized spacial score (nSPS) is 10.4. The molecule has 110 valence electrons. The Labute approximate surface area is 132 Å². The largest absolute Gasteiger partial charge is 0.508 e. The van der Waals surface area contributed by atoms with Crippen LogP contribution in [-0.2, 0) is 16.0 Å². The van der Waals surface area contributed by atoms with Crippen LogP contribution in [0.5, 0.6) is 5.75 Å². The van der Waals surface area contributed by atoms with Crippen molar-refractivity contribution in [2.24, 2.45) is 0 Å². The van der Waals surface area contributed by atoms with E-state index in [4.69, 9.17) is 16.3 Å². The van der Waals surface area contributed by atoms with Gasteiger partial charge in [0.05, 0.1) is 13.0 Å². The highest BCUT2D eigenvalue weighted by atomic mass is 35.5. The zero-order chi connectivity index (χ0) is 15.2. The van der Waals surface area contributed by atoms with Crippen LogP contribution in [0.2, 0.25) is 5.02 Å². The SMILES string of the molecule is CCOC(=O)Cc1ccc(Sc2cccc(O)c2)cc1Cl. The number of aromatic hydroxyl groups is 1. The van der Waals surface area contributed by atoms with Gasteiger partial charge in [0.1, 0.15) is 5.75 Å². The van der Waals surface area contributed by atoms with Gasteiger partial charge in [-0.25, -0.2) is 0 Å². The number of carbonyl (C=O) groups excluding carboxylic acids is 1. The molecule has 0 aliphatic rings. The minimum atomic E-state index is -0.284. The van der Waals surface area contributed by atoms with Crippen molar-refractivity contribution >= 4 is 29.3 Å². The summed E-state index contributed by atoms with van der Waals surface area (Å²) in [5, 5.41) is 9.98. The van der Waals surface area contributed by atoms with Gasteiger partial charge < -0.3 is 9.84 Å². The molecule has 5 heteroatoms. The fourth-order valence-corrected chi connectivity index (χ4v) is 3.01. The number of benzene rings is 2. The highest BCUT2D eigenvalue weighted by Gasteiger charge is 2.09. The average Bonchev–Trinajstić information content (AvgIpc) is 2.42. The van der Waals surface area contributed by atoms with Crippen LogP contribution in [0, 0.1) is 0 Å². The fourth-order valence-electron chi connectivity index (χ4n) is 1.79. The molecule has 0 fully saturated rings. The molecule has 0 heterocycles. The van der Waals surface area contributed by atoms with E-state index in [1.165, 1.54) is 11.8 Å². The second-order valence-corrected chi connectivity index (χ2v) is 5.89. The molecule has 0 saturated carbocycles. The van der Waals surface area contributed by atoms with Crippen LogP contribution >= 0.6 is 23.4 Å². The molecule has 0 spiro atoms. The van der Waals surface area contributed by atoms with Crippen molar-refractivity contribution in [1.82, 2.24) is 0 Å². The fraction of sp³-hybridized carbons (Fsp3) is 0.188. The molecule has 0 atom stereocenters. The van der Waals surface area contributed by atoms with Gasteiger partial charge in [0, 0.05) is 14.8 Å². The first-order valence-corrected chi connectivity index (χ1v) is 7.69. The van der Waals surface area contributed by atoms with E-state index >= 15 is 0 Å². The lowest BCUT2D eigenvalue weighted by molar-refractivity contribution is -0.142. The first-order chi connectivity index (χ1) is 10.1. The maximum atomic E-state index is 11.5. The summed E-state index contributed by atoms with van der Waals surface area (Å²) in [6.07, 6.45) is 0.170. The van der Waals surface area contributed by atoms with Crippen LogP contribution < -0.4 is 0 Å². The smallest absolute Gasteiger partial charge is 0.310 e. The highest BCUT2D eigenvalue weighted by Crippen LogP contribution is 2.32. The molecule has 0 radical (unpaired) electrons. The van der Waals surface area contributed by atoms with Crippen molar-refractivity contribution in [1.29, 1.82) is 0 Å². The summed E-state index contributed by atoms with van der Waals surface area (Å²) in [7, 11) is 0. The van der Waals surface area contributed by atoms with Crippen molar-refractivity contribution in [3.05, 3.63) is 53.1 Å². The van der Waals surface area contributed by atoms with Crippen molar-refractivity contribution in [3.63, 3.8) is 0 Å². The average molecular weight is 323 g/mol. The second kappa shape index (κ2) is 7.38. The van der Waals surface area contributed by atoms with Gasteiger partial charge in [-0.05, 0) is 42.8 Å². The Bertz CT molecular complexity index is 643. The molecule has 0 aromatic heterocycles. The van der Waals surface area contributed by atoms with Crippen molar-refractivity contribution in [2.45, 2.75) is 23.1 Å². The molecule has 0 unspecified atom stereocenters. The molecule has 1 N–H and O–H groups in total. The number of hydrogen-bond donors (Lipinski definition) is 1. The van der Waals surface area contributed by atoms with Gasteiger partial charge in [-0.2, -0.15) is 0 Å². The number of rotatable bonds is 5. The number of carbonyl (C=O) groups is 1. The Morgan fingerprint density at radius 3 is 2.67 bits per heavy atom. The van der Waals surface area contributed by atoms with Gasteiger partial charge in [0.2, 0.25) is 0 Å². The van der Waals surface area contributed by atoms with E-state index < -0.39 is 0 Å². The molecule has 0 aliphatic carbocycles. The van der Waals surface area contributed by atoms with Crippen LogP contribution in [0.25, 0.3) is 0 Å². The van der Waals surface area contributed by atoms with Gasteiger partial charge in [0.25, 0.3) is 0 Å². The van der Waals surface area contributed by atoms with Crippen molar-refractivity contribution < 1.29 is 14.6 Å². The standard InChI is InChI=1S/C16H15ClO3S/c1-2-20-16(19)8-11-6-7-14(10-15(11)17)21-13-5-3-4-12(18)9-13/h3-7,9-10,18H,2,8H2,1H3. The predicted octanol–water partition coefficient (Wildman–Crippen LogP) is 4.30. The number of hydrogen-bond acceptors (Lipinski definition) is 4. The monoisotopic (exact) mass is 322 g/mol. The Kier molecular flexibility index (Phi) is 5.53. The van der Waals surface area contributed by atoms with E-state index in [0.717, 1.165) is 15.4 Å². The third-order valence-electron chi connectivity index (χ3n) is 2.72. The summed E-state index contributed by atoms with van der Waals surface area (Å²) in [4.78, 5) is 13.3. The molecule has 3 nitrogen and oxygen atoms in total. The lowest BCUT2D eigenvalue weighted by Gasteiger charge is -2.07. The zero-order valence-electron chi connectivity index (χ0n) is 11.5. The van der Waals surface area contributed by atoms with E-state index in [9.17, 15) is 9.90 Å². The van der Waals surface area contributed by atoms with Crippen LogP contribution in [0.1, 0.15) is 12.5 Å². The molecule has 2 aromatic rings. The van der Waals surface area contributed by atoms with E-state index in [2.05, 4.69) is 0 Å².